The van der Waals surface area contributed by atoms with E-state index in [1.807, 2.05) is 6.92 Å². The Balaban J connectivity index is 0.00000304. The third-order valence-corrected chi connectivity index (χ3v) is 12.6. The highest BCUT2D eigenvalue weighted by Crippen LogP contribution is 2.59. The van der Waals surface area contributed by atoms with Gasteiger partial charge >= 0.3 is 0 Å². The zero-order valence-corrected chi connectivity index (χ0v) is 21.4. The van der Waals surface area contributed by atoms with E-state index in [9.17, 15) is 21.2 Å². The van der Waals surface area contributed by atoms with Gasteiger partial charge in [-0.1, -0.05) is 32.4 Å². The van der Waals surface area contributed by atoms with E-state index in [1.54, 1.807) is 0 Å². The number of hydrogen-bond donors (Lipinski definition) is 1. The van der Waals surface area contributed by atoms with Gasteiger partial charge in [0, 0.05) is 17.0 Å². The van der Waals surface area contributed by atoms with Crippen molar-refractivity contribution in [3.63, 3.8) is 0 Å². The maximum Gasteiger partial charge on any atom is 0.214 e. The number of nitrogens with one attached hydrogen (secondary N) is 1. The molecule has 2 aromatic carbocycles. The molecule has 6 nitrogen and oxygen atoms in total. The molecule has 0 aromatic heterocycles. The Labute approximate surface area is 216 Å². The number of sulfonamides is 1. The van der Waals surface area contributed by atoms with Crippen LogP contribution < -0.4 is 9.46 Å². The minimum atomic E-state index is -4.28. The van der Waals surface area contributed by atoms with Crippen molar-refractivity contribution in [2.45, 2.75) is 67.4 Å². The standard InChI is InChI=1S/C24H26ClF2NO5S2.CH4/c1-2-3-16-12-17-18-13-33-23-20(27)9-8-19(26)22(23)24(18,11-10-21(17)28-35(16,31)32)34(29,30)15-6-4-14(25)5-7-15;/h4-9,16-18,21,28H,2-3,10-13H2,1H3;1H4/t16-,17+,18+,21-,24+;/m1./s1. The molecule has 0 amide bonds. The van der Waals surface area contributed by atoms with Crippen LogP contribution in [0.25, 0.3) is 0 Å². The molecule has 0 unspecified atom stereocenters. The zero-order chi connectivity index (χ0) is 25.2. The van der Waals surface area contributed by atoms with Gasteiger partial charge in [0.25, 0.3) is 0 Å². The van der Waals surface area contributed by atoms with Crippen molar-refractivity contribution in [1.29, 1.82) is 0 Å². The molecule has 2 aromatic rings. The van der Waals surface area contributed by atoms with Crippen molar-refractivity contribution in [2.75, 3.05) is 6.61 Å². The molecular weight excluding hydrogens is 532 g/mol. The second kappa shape index (κ2) is 9.53. The molecule has 2 aliphatic heterocycles. The van der Waals surface area contributed by atoms with Gasteiger partial charge in [-0.05, 0) is 68.0 Å². The molecule has 5 rings (SSSR count). The minimum absolute atomic E-state index is 0. The second-order valence-corrected chi connectivity index (χ2v) is 14.3. The van der Waals surface area contributed by atoms with E-state index >= 15 is 4.39 Å². The molecule has 1 N–H and O–H groups in total. The van der Waals surface area contributed by atoms with E-state index in [0.29, 0.717) is 17.9 Å². The highest BCUT2D eigenvalue weighted by Gasteiger charge is 2.64. The molecule has 0 spiro atoms. The van der Waals surface area contributed by atoms with Crippen molar-refractivity contribution in [3.8, 4) is 5.75 Å². The van der Waals surface area contributed by atoms with Crippen LogP contribution in [-0.4, -0.2) is 34.7 Å². The van der Waals surface area contributed by atoms with Crippen molar-refractivity contribution in [2.24, 2.45) is 11.8 Å². The summed E-state index contributed by atoms with van der Waals surface area (Å²) in [6.45, 7) is 1.72. The lowest BCUT2D eigenvalue weighted by Crippen LogP contribution is -2.63. The van der Waals surface area contributed by atoms with Gasteiger partial charge in [0.2, 0.25) is 10.0 Å². The van der Waals surface area contributed by atoms with Crippen molar-refractivity contribution in [3.05, 3.63) is 58.6 Å². The number of fused-ring (bicyclic) bond motifs is 5. The van der Waals surface area contributed by atoms with Crippen LogP contribution in [0.2, 0.25) is 5.02 Å². The summed E-state index contributed by atoms with van der Waals surface area (Å²) in [7, 11) is -7.86. The predicted molar refractivity (Wildman–Crippen MR) is 134 cm³/mol. The van der Waals surface area contributed by atoms with E-state index in [2.05, 4.69) is 4.72 Å². The fourth-order valence-electron chi connectivity index (χ4n) is 6.31. The quantitative estimate of drug-likeness (QED) is 0.554. The van der Waals surface area contributed by atoms with E-state index in [1.165, 1.54) is 24.3 Å². The lowest BCUT2D eigenvalue weighted by Gasteiger charge is -2.54. The van der Waals surface area contributed by atoms with Gasteiger partial charge in [-0.2, -0.15) is 0 Å². The van der Waals surface area contributed by atoms with E-state index in [-0.39, 0.29) is 43.8 Å². The Morgan fingerprint density at radius 3 is 2.47 bits per heavy atom. The van der Waals surface area contributed by atoms with Crippen LogP contribution in [0.1, 0.15) is 52.0 Å². The molecule has 2 fully saturated rings. The minimum Gasteiger partial charge on any atom is -0.490 e. The van der Waals surface area contributed by atoms with E-state index in [0.717, 1.165) is 12.1 Å². The summed E-state index contributed by atoms with van der Waals surface area (Å²) < 4.78 is 91.3. The molecule has 5 atom stereocenters. The third kappa shape index (κ3) is 3.95. The van der Waals surface area contributed by atoms with Gasteiger partial charge in [-0.25, -0.2) is 30.3 Å². The Kier molecular flexibility index (Phi) is 7.22. The molecule has 11 heteroatoms. The van der Waals surface area contributed by atoms with Crippen LogP contribution in [0, 0.1) is 23.5 Å². The Morgan fingerprint density at radius 1 is 1.14 bits per heavy atom. The zero-order valence-electron chi connectivity index (χ0n) is 19.0. The molecule has 1 saturated carbocycles. The fourth-order valence-corrected chi connectivity index (χ4v) is 10.8. The summed E-state index contributed by atoms with van der Waals surface area (Å²) in [6, 6.07) is 6.97. The normalized spacial score (nSPS) is 30.7. The highest BCUT2D eigenvalue weighted by atomic mass is 35.5. The van der Waals surface area contributed by atoms with Crippen molar-refractivity contribution in [1.82, 2.24) is 4.72 Å². The Hall–Kier alpha value is -1.75. The summed E-state index contributed by atoms with van der Waals surface area (Å²) in [5.41, 5.74) is -0.303. The topological polar surface area (TPSA) is 89.5 Å². The monoisotopic (exact) mass is 561 g/mol. The SMILES string of the molecule is C.CCC[C@@H]1C[C@@H]2[C@@H](CC[C@@]3(S(=O)(=O)c4ccc(Cl)cc4)c4c(F)ccc(F)c4OC[C@@H]23)NS1(=O)=O. The predicted octanol–water partition coefficient (Wildman–Crippen LogP) is 5.20. The lowest BCUT2D eigenvalue weighted by molar-refractivity contribution is 0.0489. The molecule has 2 heterocycles. The maximum atomic E-state index is 15.5. The average molecular weight is 562 g/mol. The summed E-state index contributed by atoms with van der Waals surface area (Å²) >= 11 is 5.98. The molecule has 36 heavy (non-hydrogen) atoms. The van der Waals surface area contributed by atoms with Crippen LogP contribution >= 0.6 is 11.6 Å². The Morgan fingerprint density at radius 2 is 1.81 bits per heavy atom. The summed E-state index contributed by atoms with van der Waals surface area (Å²) in [5, 5.41) is -0.350. The van der Waals surface area contributed by atoms with Crippen LogP contribution in [0.15, 0.2) is 41.3 Å². The number of sulfone groups is 1. The number of halogens is 3. The molecule has 1 aliphatic carbocycles. The first-order valence-corrected chi connectivity index (χ1v) is 15.1. The molecule has 1 saturated heterocycles. The van der Waals surface area contributed by atoms with Gasteiger partial charge < -0.3 is 4.74 Å². The summed E-state index contributed by atoms with van der Waals surface area (Å²) in [4.78, 5) is -0.0524. The fraction of sp³-hybridized carbons (Fsp3) is 0.520. The number of benzene rings is 2. The van der Waals surface area contributed by atoms with Crippen molar-refractivity contribution < 1.29 is 30.4 Å². The first kappa shape index (κ1) is 27.3. The summed E-state index contributed by atoms with van der Waals surface area (Å²) in [5.74, 6) is -3.29. The smallest absolute Gasteiger partial charge is 0.214 e. The lowest BCUT2D eigenvalue weighted by atomic mass is 9.64. The van der Waals surface area contributed by atoms with E-state index in [4.69, 9.17) is 16.3 Å². The molecule has 3 aliphatic rings. The molecular formula is C25H30ClF2NO5S2. The molecule has 0 bridgehead atoms. The first-order chi connectivity index (χ1) is 16.5. The van der Waals surface area contributed by atoms with Gasteiger partial charge in [0.1, 0.15) is 10.6 Å². The maximum absolute atomic E-state index is 15.5. The van der Waals surface area contributed by atoms with Gasteiger partial charge in [-0.15, -0.1) is 0 Å². The number of hydrogen-bond acceptors (Lipinski definition) is 5. The second-order valence-electron chi connectivity index (χ2n) is 9.62. The van der Waals surface area contributed by atoms with E-state index < -0.39 is 65.1 Å². The van der Waals surface area contributed by atoms with Crippen LogP contribution in [-0.2, 0) is 24.6 Å². The Bertz CT molecular complexity index is 1370. The van der Waals surface area contributed by atoms with Gasteiger partial charge in [-0.3, -0.25) is 0 Å². The average Bonchev–Trinajstić information content (AvgIpc) is 2.81. The van der Waals surface area contributed by atoms with Gasteiger partial charge in [0.05, 0.1) is 22.3 Å². The highest BCUT2D eigenvalue weighted by molar-refractivity contribution is 7.92. The van der Waals surface area contributed by atoms with Crippen LogP contribution in [0.4, 0.5) is 8.78 Å². The number of ether oxygens (including phenoxy) is 1. The largest absolute Gasteiger partial charge is 0.490 e. The third-order valence-electron chi connectivity index (χ3n) is 7.85. The molecule has 198 valence electrons. The van der Waals surface area contributed by atoms with Crippen LogP contribution in [0.3, 0.4) is 0 Å². The van der Waals surface area contributed by atoms with Gasteiger partial charge in [0.15, 0.2) is 21.4 Å². The van der Waals surface area contributed by atoms with Crippen LogP contribution in [0.5, 0.6) is 5.75 Å². The number of rotatable bonds is 4. The summed E-state index contributed by atoms with van der Waals surface area (Å²) in [6.07, 6.45) is 1.37. The molecule has 0 radical (unpaired) electrons. The first-order valence-electron chi connectivity index (χ1n) is 11.7. The van der Waals surface area contributed by atoms with Crippen molar-refractivity contribution >= 4 is 31.5 Å².